The van der Waals surface area contributed by atoms with Crippen molar-refractivity contribution in [2.24, 2.45) is 0 Å². The predicted octanol–water partition coefficient (Wildman–Crippen LogP) is 3.82. The number of likely N-dealkylation sites (N-methyl/N-ethyl adjacent to an activating group) is 1. The van der Waals surface area contributed by atoms with Gasteiger partial charge >= 0.3 is 0 Å². The number of thiophene rings is 1. The van der Waals surface area contributed by atoms with Gasteiger partial charge in [0.2, 0.25) is 5.91 Å². The Morgan fingerprint density at radius 2 is 2.04 bits per heavy atom. The zero-order chi connectivity index (χ0) is 17.6. The van der Waals surface area contributed by atoms with Gasteiger partial charge in [-0.25, -0.2) is 4.39 Å². The molecule has 130 valence electrons. The topological polar surface area (TPSA) is 45.5 Å². The molecule has 0 spiro atoms. The van der Waals surface area contributed by atoms with E-state index in [-0.39, 0.29) is 24.3 Å². The van der Waals surface area contributed by atoms with Crippen molar-refractivity contribution in [1.29, 1.82) is 0 Å². The van der Waals surface area contributed by atoms with E-state index >= 15 is 0 Å². The first-order chi connectivity index (χ1) is 12.1. The fraction of sp³-hybridized carbons (Fsp3) is 0.211. The van der Waals surface area contributed by atoms with E-state index in [0.717, 1.165) is 16.2 Å². The Kier molecular flexibility index (Phi) is 5.63. The van der Waals surface area contributed by atoms with E-state index < -0.39 is 0 Å². The third-order valence-electron chi connectivity index (χ3n) is 3.76. The Morgan fingerprint density at radius 3 is 2.68 bits per heavy atom. The molecule has 1 aromatic carbocycles. The average Bonchev–Trinajstić information content (AvgIpc) is 3.27. The Balaban J connectivity index is 1.67. The molecule has 25 heavy (non-hydrogen) atoms. The van der Waals surface area contributed by atoms with Crippen LogP contribution in [0.1, 0.15) is 22.2 Å². The Labute approximate surface area is 149 Å². The molecule has 0 saturated carbocycles. The second-order valence-electron chi connectivity index (χ2n) is 5.82. The quantitative estimate of drug-likeness (QED) is 0.698. The lowest BCUT2D eigenvalue weighted by Crippen LogP contribution is -2.37. The number of halogens is 1. The van der Waals surface area contributed by atoms with Gasteiger partial charge < -0.3 is 9.73 Å². The molecule has 3 aromatic rings. The van der Waals surface area contributed by atoms with Gasteiger partial charge in [0, 0.05) is 4.88 Å². The van der Waals surface area contributed by atoms with Crippen LogP contribution in [0.25, 0.3) is 0 Å². The minimum atomic E-state index is -0.293. The summed E-state index contributed by atoms with van der Waals surface area (Å²) in [4.78, 5) is 15.4. The molecule has 2 aromatic heterocycles. The summed E-state index contributed by atoms with van der Waals surface area (Å²) in [5.41, 5.74) is 0.853. The van der Waals surface area contributed by atoms with Gasteiger partial charge in [0.05, 0.1) is 25.4 Å². The van der Waals surface area contributed by atoms with Crippen LogP contribution in [-0.4, -0.2) is 24.4 Å². The third-order valence-corrected chi connectivity index (χ3v) is 4.69. The Hall–Kier alpha value is -2.44. The molecule has 0 saturated heterocycles. The maximum atomic E-state index is 13.2. The standard InChI is InChI=1S/C19H19FN2O2S/c1-22(12-16-4-2-10-24-16)13-18(23)21-19(17-5-3-11-25-17)14-6-8-15(20)9-7-14/h2-11,19H,12-13H2,1H3,(H,21,23)/t19-/m1/s1. The van der Waals surface area contributed by atoms with Gasteiger partial charge in [-0.2, -0.15) is 0 Å². The molecular weight excluding hydrogens is 339 g/mol. The molecule has 3 rings (SSSR count). The first kappa shape index (κ1) is 17.4. The van der Waals surface area contributed by atoms with E-state index in [0.29, 0.717) is 6.54 Å². The molecule has 0 aliphatic heterocycles. The maximum absolute atomic E-state index is 13.2. The average molecular weight is 358 g/mol. The molecule has 1 N–H and O–H groups in total. The molecule has 0 radical (unpaired) electrons. The van der Waals surface area contributed by atoms with Crippen LogP contribution in [0, 0.1) is 5.82 Å². The Morgan fingerprint density at radius 1 is 1.24 bits per heavy atom. The van der Waals surface area contributed by atoms with E-state index in [4.69, 9.17) is 4.42 Å². The number of carbonyl (C=O) groups excluding carboxylic acids is 1. The van der Waals surface area contributed by atoms with Gasteiger partial charge in [0.15, 0.2) is 0 Å². The van der Waals surface area contributed by atoms with Gasteiger partial charge in [-0.05, 0) is 48.3 Å². The number of furan rings is 1. The van der Waals surface area contributed by atoms with Gasteiger partial charge in [-0.3, -0.25) is 9.69 Å². The number of nitrogens with one attached hydrogen (secondary N) is 1. The summed E-state index contributed by atoms with van der Waals surface area (Å²) >= 11 is 1.56. The molecule has 0 bridgehead atoms. The molecule has 2 heterocycles. The van der Waals surface area contributed by atoms with Crippen LogP contribution in [0.5, 0.6) is 0 Å². The van der Waals surface area contributed by atoms with Crippen molar-refractivity contribution in [1.82, 2.24) is 10.2 Å². The van der Waals surface area contributed by atoms with Crippen molar-refractivity contribution in [3.63, 3.8) is 0 Å². The predicted molar refractivity (Wildman–Crippen MR) is 95.7 cm³/mol. The summed E-state index contributed by atoms with van der Waals surface area (Å²) in [6, 6.07) is 13.5. The van der Waals surface area contributed by atoms with Crippen LogP contribution in [-0.2, 0) is 11.3 Å². The van der Waals surface area contributed by atoms with Crippen LogP contribution >= 0.6 is 11.3 Å². The zero-order valence-electron chi connectivity index (χ0n) is 13.8. The number of hydrogen-bond acceptors (Lipinski definition) is 4. The van der Waals surface area contributed by atoms with Crippen LogP contribution in [0.2, 0.25) is 0 Å². The third kappa shape index (κ3) is 4.78. The van der Waals surface area contributed by atoms with Crippen molar-refractivity contribution in [3.8, 4) is 0 Å². The molecule has 4 nitrogen and oxygen atoms in total. The van der Waals surface area contributed by atoms with Gasteiger partial charge in [-0.1, -0.05) is 18.2 Å². The lowest BCUT2D eigenvalue weighted by atomic mass is 10.1. The van der Waals surface area contributed by atoms with Crippen molar-refractivity contribution >= 4 is 17.2 Å². The highest BCUT2D eigenvalue weighted by Gasteiger charge is 2.19. The van der Waals surface area contributed by atoms with Gasteiger partial charge in [0.25, 0.3) is 0 Å². The van der Waals surface area contributed by atoms with Gasteiger partial charge in [0.1, 0.15) is 11.6 Å². The molecule has 0 aliphatic carbocycles. The van der Waals surface area contributed by atoms with Crippen molar-refractivity contribution in [3.05, 3.63) is 82.2 Å². The van der Waals surface area contributed by atoms with Crippen molar-refractivity contribution in [2.75, 3.05) is 13.6 Å². The van der Waals surface area contributed by atoms with E-state index in [2.05, 4.69) is 5.32 Å². The monoisotopic (exact) mass is 358 g/mol. The molecule has 1 atom stereocenters. The lowest BCUT2D eigenvalue weighted by Gasteiger charge is -2.21. The van der Waals surface area contributed by atoms with Crippen LogP contribution in [0.15, 0.2) is 64.6 Å². The minimum Gasteiger partial charge on any atom is -0.468 e. The lowest BCUT2D eigenvalue weighted by molar-refractivity contribution is -0.122. The fourth-order valence-corrected chi connectivity index (χ4v) is 3.41. The molecule has 1 amide bonds. The number of rotatable bonds is 7. The second kappa shape index (κ2) is 8.09. The van der Waals surface area contributed by atoms with Gasteiger partial charge in [-0.15, -0.1) is 11.3 Å². The van der Waals surface area contributed by atoms with E-state index in [1.807, 2.05) is 41.6 Å². The summed E-state index contributed by atoms with van der Waals surface area (Å²) in [5.74, 6) is 0.415. The summed E-state index contributed by atoms with van der Waals surface area (Å²) in [5, 5.41) is 5.00. The van der Waals surface area contributed by atoms with Crippen LogP contribution < -0.4 is 5.32 Å². The molecule has 6 heteroatoms. The summed E-state index contributed by atoms with van der Waals surface area (Å²) < 4.78 is 18.5. The highest BCUT2D eigenvalue weighted by atomic mass is 32.1. The number of nitrogens with zero attached hydrogens (tertiary/aromatic N) is 1. The maximum Gasteiger partial charge on any atom is 0.234 e. The fourth-order valence-electron chi connectivity index (χ4n) is 2.61. The largest absolute Gasteiger partial charge is 0.468 e. The smallest absolute Gasteiger partial charge is 0.234 e. The molecule has 0 aliphatic rings. The van der Waals surface area contributed by atoms with E-state index in [1.54, 1.807) is 29.7 Å². The number of benzene rings is 1. The first-order valence-electron chi connectivity index (χ1n) is 7.91. The highest BCUT2D eigenvalue weighted by Crippen LogP contribution is 2.26. The van der Waals surface area contributed by atoms with Crippen molar-refractivity contribution < 1.29 is 13.6 Å². The number of hydrogen-bond donors (Lipinski definition) is 1. The van der Waals surface area contributed by atoms with Crippen LogP contribution in [0.3, 0.4) is 0 Å². The number of carbonyl (C=O) groups is 1. The highest BCUT2D eigenvalue weighted by molar-refractivity contribution is 7.10. The SMILES string of the molecule is CN(CC(=O)N[C@H](c1ccc(F)cc1)c1cccs1)Cc1ccco1. The van der Waals surface area contributed by atoms with E-state index in [1.165, 1.54) is 12.1 Å². The van der Waals surface area contributed by atoms with E-state index in [9.17, 15) is 9.18 Å². The normalized spacial score (nSPS) is 12.3. The molecule has 0 unspecified atom stereocenters. The summed E-state index contributed by atoms with van der Waals surface area (Å²) in [6.45, 7) is 0.796. The summed E-state index contributed by atoms with van der Waals surface area (Å²) in [6.07, 6.45) is 1.62. The van der Waals surface area contributed by atoms with Crippen LogP contribution in [0.4, 0.5) is 4.39 Å². The zero-order valence-corrected chi connectivity index (χ0v) is 14.6. The molecular formula is C19H19FN2O2S. The molecule has 0 fully saturated rings. The first-order valence-corrected chi connectivity index (χ1v) is 8.79. The minimum absolute atomic E-state index is 0.100. The second-order valence-corrected chi connectivity index (χ2v) is 6.80. The summed E-state index contributed by atoms with van der Waals surface area (Å²) in [7, 11) is 1.86. The van der Waals surface area contributed by atoms with Crippen molar-refractivity contribution in [2.45, 2.75) is 12.6 Å². The number of amides is 1. The Bertz CT molecular complexity index is 785.